The largest absolute Gasteiger partial charge is 0.319 e. The third kappa shape index (κ3) is 1.31. The van der Waals surface area contributed by atoms with Gasteiger partial charge in [0, 0.05) is 6.07 Å². The third-order valence-corrected chi connectivity index (χ3v) is 2.41. The molecule has 0 N–H and O–H groups in total. The van der Waals surface area contributed by atoms with Crippen LogP contribution in [0.25, 0.3) is 5.65 Å². The van der Waals surface area contributed by atoms with Crippen LogP contribution in [0.5, 0.6) is 0 Å². The lowest BCUT2D eigenvalue weighted by Gasteiger charge is -1.98. The fourth-order valence-corrected chi connectivity index (χ4v) is 1.62. The first-order chi connectivity index (χ1) is 6.72. The highest BCUT2D eigenvalue weighted by Gasteiger charge is 2.16. The van der Waals surface area contributed by atoms with Crippen LogP contribution in [0.1, 0.15) is 0 Å². The van der Waals surface area contributed by atoms with Gasteiger partial charge in [0.2, 0.25) is 0 Å². The Balaban J connectivity index is 2.72. The Bertz CT molecular complexity index is 495. The maximum absolute atomic E-state index is 10.7. The van der Waals surface area contributed by atoms with Crippen LogP contribution in [0.2, 0.25) is 0 Å². The summed E-state index contributed by atoms with van der Waals surface area (Å²) in [4.78, 5) is 14.3. The highest BCUT2D eigenvalue weighted by molar-refractivity contribution is 7.98. The van der Waals surface area contributed by atoms with Crippen molar-refractivity contribution in [3.8, 4) is 0 Å². The summed E-state index contributed by atoms with van der Waals surface area (Å²) >= 11 is 1.25. The maximum atomic E-state index is 10.7. The summed E-state index contributed by atoms with van der Waals surface area (Å²) in [5.41, 5.74) is 0.591. The van der Waals surface area contributed by atoms with Crippen LogP contribution in [-0.4, -0.2) is 25.8 Å². The van der Waals surface area contributed by atoms with Gasteiger partial charge >= 0.3 is 5.69 Å². The topological polar surface area (TPSA) is 73.3 Å². The molecule has 6 nitrogen and oxygen atoms in total. The molecule has 14 heavy (non-hydrogen) atoms. The Morgan fingerprint density at radius 3 is 3.07 bits per heavy atom. The van der Waals surface area contributed by atoms with Crippen LogP contribution < -0.4 is 0 Å². The van der Waals surface area contributed by atoms with E-state index in [0.717, 1.165) is 0 Å². The molecule has 0 saturated carbocycles. The van der Waals surface area contributed by atoms with Gasteiger partial charge in [-0.05, 0) is 6.26 Å². The molecule has 0 aromatic carbocycles. The van der Waals surface area contributed by atoms with Crippen molar-refractivity contribution >= 4 is 23.1 Å². The van der Waals surface area contributed by atoms with Crippen molar-refractivity contribution in [2.75, 3.05) is 6.26 Å². The highest BCUT2D eigenvalue weighted by atomic mass is 32.2. The minimum Gasteiger partial charge on any atom is -0.258 e. The predicted molar refractivity (Wildman–Crippen MR) is 51.4 cm³/mol. The van der Waals surface area contributed by atoms with Gasteiger partial charge in [0.15, 0.2) is 10.7 Å². The molecule has 0 aliphatic carbocycles. The van der Waals surface area contributed by atoms with Crippen molar-refractivity contribution in [1.82, 2.24) is 14.6 Å². The van der Waals surface area contributed by atoms with Crippen molar-refractivity contribution in [1.29, 1.82) is 0 Å². The summed E-state index contributed by atoms with van der Waals surface area (Å²) < 4.78 is 1.39. The number of rotatable bonds is 2. The minimum atomic E-state index is -0.458. The molecular formula is C7H6N4O2S. The Labute approximate surface area is 83.1 Å². The first-order valence-electron chi connectivity index (χ1n) is 3.75. The quantitative estimate of drug-likeness (QED) is 0.324. The van der Waals surface area contributed by atoms with Gasteiger partial charge in [0.25, 0.3) is 0 Å². The molecule has 2 rings (SSSR count). The Kier molecular flexibility index (Phi) is 2.08. The van der Waals surface area contributed by atoms with Crippen molar-refractivity contribution in [3.63, 3.8) is 0 Å². The number of hydrogen-bond acceptors (Lipinski definition) is 5. The van der Waals surface area contributed by atoms with E-state index < -0.39 is 4.92 Å². The number of aromatic nitrogens is 3. The number of thioether (sulfide) groups is 1. The lowest BCUT2D eigenvalue weighted by Crippen LogP contribution is -1.98. The zero-order valence-electron chi connectivity index (χ0n) is 7.25. The highest BCUT2D eigenvalue weighted by Crippen LogP contribution is 2.24. The first kappa shape index (κ1) is 8.95. The van der Waals surface area contributed by atoms with Crippen molar-refractivity contribution in [2.24, 2.45) is 0 Å². The standard InChI is InChI=1S/C7H6N4O2S/c1-14-7-5(11(12)13)4-10-6(9-7)2-3-8-10/h2-4H,1H3. The van der Waals surface area contributed by atoms with Crippen LogP contribution in [0.3, 0.4) is 0 Å². The molecule has 2 aromatic heterocycles. The van der Waals surface area contributed by atoms with E-state index in [1.807, 2.05) is 0 Å². The second-order valence-electron chi connectivity index (χ2n) is 2.53. The lowest BCUT2D eigenvalue weighted by atomic mass is 10.5. The summed E-state index contributed by atoms with van der Waals surface area (Å²) in [7, 11) is 0. The van der Waals surface area contributed by atoms with E-state index in [-0.39, 0.29) is 5.69 Å². The molecule has 7 heteroatoms. The second kappa shape index (κ2) is 3.26. The molecule has 0 bridgehead atoms. The molecular weight excluding hydrogens is 204 g/mol. The van der Waals surface area contributed by atoms with Crippen LogP contribution in [0, 0.1) is 10.1 Å². The third-order valence-electron chi connectivity index (χ3n) is 1.72. The van der Waals surface area contributed by atoms with Gasteiger partial charge in [0.05, 0.1) is 11.1 Å². The average Bonchev–Trinajstić information content (AvgIpc) is 2.62. The van der Waals surface area contributed by atoms with Crippen molar-refractivity contribution < 1.29 is 4.92 Å². The predicted octanol–water partition coefficient (Wildman–Crippen LogP) is 1.36. The number of fused-ring (bicyclic) bond motifs is 1. The van der Waals surface area contributed by atoms with Gasteiger partial charge in [-0.1, -0.05) is 0 Å². The summed E-state index contributed by atoms with van der Waals surface area (Å²) in [6.07, 6.45) is 4.67. The van der Waals surface area contributed by atoms with Gasteiger partial charge in [-0.2, -0.15) is 5.10 Å². The summed E-state index contributed by atoms with van der Waals surface area (Å²) in [6, 6.07) is 1.70. The first-order valence-corrected chi connectivity index (χ1v) is 4.97. The molecule has 0 radical (unpaired) electrons. The summed E-state index contributed by atoms with van der Waals surface area (Å²) in [6.45, 7) is 0. The molecule has 0 saturated heterocycles. The maximum Gasteiger partial charge on any atom is 0.319 e. The SMILES string of the molecule is CSc1nc2ccnn2cc1[N+](=O)[O-]. The van der Waals surface area contributed by atoms with E-state index in [4.69, 9.17) is 0 Å². The minimum absolute atomic E-state index is 0.0197. The van der Waals surface area contributed by atoms with Gasteiger partial charge in [0.1, 0.15) is 6.20 Å². The van der Waals surface area contributed by atoms with Crippen LogP contribution in [0.15, 0.2) is 23.5 Å². The molecule has 0 atom stereocenters. The van der Waals surface area contributed by atoms with E-state index in [9.17, 15) is 10.1 Å². The Morgan fingerprint density at radius 2 is 2.43 bits per heavy atom. The smallest absolute Gasteiger partial charge is 0.258 e. The zero-order chi connectivity index (χ0) is 10.1. The van der Waals surface area contributed by atoms with Crippen LogP contribution in [-0.2, 0) is 0 Å². The van der Waals surface area contributed by atoms with Crippen molar-refractivity contribution in [3.05, 3.63) is 28.6 Å². The van der Waals surface area contributed by atoms with Crippen LogP contribution >= 0.6 is 11.8 Å². The zero-order valence-corrected chi connectivity index (χ0v) is 8.06. The van der Waals surface area contributed by atoms with Crippen molar-refractivity contribution in [2.45, 2.75) is 5.03 Å². The lowest BCUT2D eigenvalue weighted by molar-refractivity contribution is -0.388. The molecule has 2 aromatic rings. The van der Waals surface area contributed by atoms with E-state index in [0.29, 0.717) is 10.7 Å². The molecule has 0 aliphatic heterocycles. The average molecular weight is 210 g/mol. The fraction of sp³-hybridized carbons (Fsp3) is 0.143. The molecule has 2 heterocycles. The Hall–Kier alpha value is -1.63. The Morgan fingerprint density at radius 1 is 1.64 bits per heavy atom. The van der Waals surface area contributed by atoms with Crippen LogP contribution in [0.4, 0.5) is 5.69 Å². The normalized spacial score (nSPS) is 10.6. The van der Waals surface area contributed by atoms with E-state index in [2.05, 4.69) is 10.1 Å². The van der Waals surface area contributed by atoms with Gasteiger partial charge in [-0.25, -0.2) is 9.50 Å². The number of hydrogen-bond donors (Lipinski definition) is 0. The van der Waals surface area contributed by atoms with E-state index in [1.165, 1.54) is 22.5 Å². The van der Waals surface area contributed by atoms with E-state index in [1.54, 1.807) is 18.5 Å². The number of nitrogens with zero attached hydrogens (tertiary/aromatic N) is 4. The van der Waals surface area contributed by atoms with E-state index >= 15 is 0 Å². The second-order valence-corrected chi connectivity index (χ2v) is 3.32. The molecule has 0 fully saturated rings. The summed E-state index contributed by atoms with van der Waals surface area (Å²) in [5.74, 6) is 0. The monoisotopic (exact) mass is 210 g/mol. The summed E-state index contributed by atoms with van der Waals surface area (Å²) in [5, 5.41) is 14.9. The van der Waals surface area contributed by atoms with Gasteiger partial charge in [-0.3, -0.25) is 10.1 Å². The molecule has 0 aliphatic rings. The molecule has 0 amide bonds. The molecule has 0 unspecified atom stereocenters. The van der Waals surface area contributed by atoms with Gasteiger partial charge in [-0.15, -0.1) is 11.8 Å². The fourth-order valence-electron chi connectivity index (χ4n) is 1.10. The van der Waals surface area contributed by atoms with Gasteiger partial charge < -0.3 is 0 Å². The number of nitro groups is 1. The molecule has 0 spiro atoms. The molecule has 72 valence electrons.